The number of ether oxygens (including phenoxy) is 1. The molecule has 0 unspecified atom stereocenters. The highest BCUT2D eigenvalue weighted by Crippen LogP contribution is 2.14. The Bertz CT molecular complexity index is 316. The van der Waals surface area contributed by atoms with Crippen molar-refractivity contribution in [2.75, 3.05) is 6.61 Å². The fourth-order valence-electron chi connectivity index (χ4n) is 0.865. The molecule has 1 rings (SSSR count). The van der Waals surface area contributed by atoms with Gasteiger partial charge in [-0.3, -0.25) is 0 Å². The lowest BCUT2D eigenvalue weighted by atomic mass is 10.2. The van der Waals surface area contributed by atoms with Crippen LogP contribution in [0.25, 0.3) is 0 Å². The van der Waals surface area contributed by atoms with Gasteiger partial charge in [0, 0.05) is 5.69 Å². The van der Waals surface area contributed by atoms with E-state index in [1.54, 1.807) is 12.1 Å². The van der Waals surface area contributed by atoms with Gasteiger partial charge in [-0.1, -0.05) is 13.8 Å². The van der Waals surface area contributed by atoms with Gasteiger partial charge >= 0.3 is 0 Å². The second kappa shape index (κ2) is 6.90. The standard InChI is InChI=1S/C9H10N2O.C2H6/c1-3-12-9-8(6-10)5-4-7(2)11-9;1-2/h4-5H,3H2,1-2H3;1-2H3. The fraction of sp³-hybridized carbons (Fsp3) is 0.455. The van der Waals surface area contributed by atoms with Crippen LogP contribution in [0, 0.1) is 18.3 Å². The summed E-state index contributed by atoms with van der Waals surface area (Å²) in [6.07, 6.45) is 0. The number of pyridine rings is 1. The van der Waals surface area contributed by atoms with Crippen molar-refractivity contribution in [1.82, 2.24) is 4.98 Å². The van der Waals surface area contributed by atoms with E-state index in [-0.39, 0.29) is 0 Å². The van der Waals surface area contributed by atoms with E-state index in [4.69, 9.17) is 10.00 Å². The van der Waals surface area contributed by atoms with Crippen LogP contribution in [0.1, 0.15) is 32.0 Å². The molecule has 0 bridgehead atoms. The maximum Gasteiger partial charge on any atom is 0.231 e. The van der Waals surface area contributed by atoms with Crippen molar-refractivity contribution in [3.63, 3.8) is 0 Å². The van der Waals surface area contributed by atoms with Gasteiger partial charge in [0.2, 0.25) is 5.88 Å². The summed E-state index contributed by atoms with van der Waals surface area (Å²) in [5.41, 5.74) is 1.35. The van der Waals surface area contributed by atoms with Gasteiger partial charge in [0.15, 0.2) is 0 Å². The summed E-state index contributed by atoms with van der Waals surface area (Å²) >= 11 is 0. The molecule has 0 fully saturated rings. The van der Waals surface area contributed by atoms with Gasteiger partial charge in [-0.05, 0) is 26.0 Å². The number of rotatable bonds is 2. The largest absolute Gasteiger partial charge is 0.477 e. The molecule has 0 aliphatic rings. The first-order chi connectivity index (χ1) is 6.77. The van der Waals surface area contributed by atoms with Crippen LogP contribution in [-0.4, -0.2) is 11.6 Å². The van der Waals surface area contributed by atoms with Crippen molar-refractivity contribution in [3.8, 4) is 11.9 Å². The molecule has 1 aromatic rings. The smallest absolute Gasteiger partial charge is 0.231 e. The summed E-state index contributed by atoms with van der Waals surface area (Å²) in [4.78, 5) is 4.09. The minimum Gasteiger partial charge on any atom is -0.477 e. The van der Waals surface area contributed by atoms with Gasteiger partial charge in [0.25, 0.3) is 0 Å². The van der Waals surface area contributed by atoms with Crippen LogP contribution < -0.4 is 4.74 Å². The first-order valence-electron chi connectivity index (χ1n) is 4.78. The molecule has 3 nitrogen and oxygen atoms in total. The molecule has 1 aromatic heterocycles. The van der Waals surface area contributed by atoms with Crippen LogP contribution in [0.4, 0.5) is 0 Å². The molecular formula is C11H16N2O. The number of nitriles is 1. The van der Waals surface area contributed by atoms with Crippen molar-refractivity contribution in [2.45, 2.75) is 27.7 Å². The number of hydrogen-bond donors (Lipinski definition) is 0. The third kappa shape index (κ3) is 3.44. The van der Waals surface area contributed by atoms with E-state index in [1.165, 1.54) is 0 Å². The highest BCUT2D eigenvalue weighted by molar-refractivity contribution is 5.38. The molecule has 0 atom stereocenters. The predicted octanol–water partition coefficient (Wildman–Crippen LogP) is 2.69. The van der Waals surface area contributed by atoms with E-state index < -0.39 is 0 Å². The molecule has 76 valence electrons. The molecule has 0 amide bonds. The zero-order valence-electron chi connectivity index (χ0n) is 9.16. The Hall–Kier alpha value is -1.56. The van der Waals surface area contributed by atoms with Crippen molar-refractivity contribution in [3.05, 3.63) is 23.4 Å². The molecule has 0 aliphatic heterocycles. The summed E-state index contributed by atoms with van der Waals surface area (Å²) in [6.45, 7) is 8.26. The summed E-state index contributed by atoms with van der Waals surface area (Å²) in [5, 5.41) is 8.67. The zero-order chi connectivity index (χ0) is 11.0. The average molecular weight is 192 g/mol. The summed E-state index contributed by atoms with van der Waals surface area (Å²) in [5.74, 6) is 0.431. The number of aryl methyl sites for hydroxylation is 1. The van der Waals surface area contributed by atoms with Crippen LogP contribution in [0.5, 0.6) is 5.88 Å². The topological polar surface area (TPSA) is 45.9 Å². The molecule has 0 aliphatic carbocycles. The molecule has 0 saturated heterocycles. The molecule has 3 heteroatoms. The molecule has 0 radical (unpaired) electrons. The Balaban J connectivity index is 0.000000791. The lowest BCUT2D eigenvalue weighted by molar-refractivity contribution is 0.325. The van der Waals surface area contributed by atoms with Crippen molar-refractivity contribution < 1.29 is 4.74 Å². The van der Waals surface area contributed by atoms with Crippen LogP contribution >= 0.6 is 0 Å². The van der Waals surface area contributed by atoms with E-state index in [0.717, 1.165) is 5.69 Å². The van der Waals surface area contributed by atoms with Gasteiger partial charge in [-0.25, -0.2) is 4.98 Å². The van der Waals surface area contributed by atoms with Gasteiger partial charge in [0.1, 0.15) is 11.6 Å². The SMILES string of the molecule is CC.CCOc1nc(C)ccc1C#N. The average Bonchev–Trinajstić information content (AvgIpc) is 2.22. The Morgan fingerprint density at radius 3 is 2.57 bits per heavy atom. The number of aromatic nitrogens is 1. The monoisotopic (exact) mass is 192 g/mol. The summed E-state index contributed by atoms with van der Waals surface area (Å²) in [6, 6.07) is 5.53. The second-order valence-corrected chi connectivity index (χ2v) is 2.35. The summed E-state index contributed by atoms with van der Waals surface area (Å²) < 4.78 is 5.18. The Labute approximate surface area is 85.4 Å². The molecular weight excluding hydrogens is 176 g/mol. The van der Waals surface area contributed by atoms with Crippen LogP contribution in [0.15, 0.2) is 12.1 Å². The van der Waals surface area contributed by atoms with Crippen LogP contribution in [-0.2, 0) is 0 Å². The maximum absolute atomic E-state index is 8.67. The van der Waals surface area contributed by atoms with Gasteiger partial charge < -0.3 is 4.74 Å². The lowest BCUT2D eigenvalue weighted by Crippen LogP contribution is -1.98. The van der Waals surface area contributed by atoms with E-state index in [2.05, 4.69) is 4.98 Å². The highest BCUT2D eigenvalue weighted by atomic mass is 16.5. The first-order valence-corrected chi connectivity index (χ1v) is 4.78. The van der Waals surface area contributed by atoms with Crippen molar-refractivity contribution in [2.24, 2.45) is 0 Å². The second-order valence-electron chi connectivity index (χ2n) is 2.35. The number of nitrogens with zero attached hydrogens (tertiary/aromatic N) is 2. The predicted molar refractivity (Wildman–Crippen MR) is 56.2 cm³/mol. The molecule has 0 saturated carbocycles. The first kappa shape index (κ1) is 12.4. The lowest BCUT2D eigenvalue weighted by Gasteiger charge is -2.03. The molecule has 14 heavy (non-hydrogen) atoms. The van der Waals surface area contributed by atoms with E-state index in [9.17, 15) is 0 Å². The fourth-order valence-corrected chi connectivity index (χ4v) is 0.865. The maximum atomic E-state index is 8.67. The normalized spacial score (nSPS) is 8.21. The van der Waals surface area contributed by atoms with Gasteiger partial charge in [0.05, 0.1) is 6.61 Å². The molecule has 0 N–H and O–H groups in total. The Morgan fingerprint density at radius 2 is 2.07 bits per heavy atom. The quantitative estimate of drug-likeness (QED) is 0.723. The Morgan fingerprint density at radius 1 is 1.43 bits per heavy atom. The van der Waals surface area contributed by atoms with Crippen LogP contribution in [0.3, 0.4) is 0 Å². The third-order valence-corrected chi connectivity index (χ3v) is 1.40. The van der Waals surface area contributed by atoms with E-state index in [1.807, 2.05) is 33.8 Å². The molecule has 1 heterocycles. The van der Waals surface area contributed by atoms with Gasteiger partial charge in [-0.2, -0.15) is 5.26 Å². The van der Waals surface area contributed by atoms with Gasteiger partial charge in [-0.15, -0.1) is 0 Å². The van der Waals surface area contributed by atoms with Crippen molar-refractivity contribution in [1.29, 1.82) is 5.26 Å². The molecule has 0 aromatic carbocycles. The summed E-state index contributed by atoms with van der Waals surface area (Å²) in [7, 11) is 0. The van der Waals surface area contributed by atoms with Crippen LogP contribution in [0.2, 0.25) is 0 Å². The van der Waals surface area contributed by atoms with E-state index >= 15 is 0 Å². The molecule has 0 spiro atoms. The highest BCUT2D eigenvalue weighted by Gasteiger charge is 2.03. The Kier molecular flexibility index (Phi) is 6.13. The zero-order valence-corrected chi connectivity index (χ0v) is 9.16. The van der Waals surface area contributed by atoms with Crippen molar-refractivity contribution >= 4 is 0 Å². The number of hydrogen-bond acceptors (Lipinski definition) is 3. The minimum atomic E-state index is 0.431. The minimum absolute atomic E-state index is 0.431. The van der Waals surface area contributed by atoms with E-state index in [0.29, 0.717) is 18.1 Å². The third-order valence-electron chi connectivity index (χ3n) is 1.40.